The Balaban J connectivity index is 0. The second kappa shape index (κ2) is 10.8. The molecule has 1 heteroatoms. The van der Waals surface area contributed by atoms with Crippen molar-refractivity contribution in [3.63, 3.8) is 0 Å². The minimum atomic E-state index is 0.320. The summed E-state index contributed by atoms with van der Waals surface area (Å²) < 4.78 is 0. The molecule has 0 bridgehead atoms. The first-order chi connectivity index (χ1) is 7.90. The Bertz CT molecular complexity index is 346. The summed E-state index contributed by atoms with van der Waals surface area (Å²) in [6.07, 6.45) is 12.1. The molecule has 17 heavy (non-hydrogen) atoms. The van der Waals surface area contributed by atoms with Crippen molar-refractivity contribution in [3.8, 4) is 12.3 Å². The Labute approximate surface area is 106 Å². The van der Waals surface area contributed by atoms with Crippen LogP contribution in [0.15, 0.2) is 47.8 Å². The van der Waals surface area contributed by atoms with Crippen molar-refractivity contribution in [2.45, 2.75) is 34.6 Å². The molecule has 0 aliphatic rings. The van der Waals surface area contributed by atoms with Gasteiger partial charge < -0.3 is 5.11 Å². The molecule has 0 fully saturated rings. The molecule has 0 saturated carbocycles. The van der Waals surface area contributed by atoms with Gasteiger partial charge in [-0.1, -0.05) is 44.2 Å². The predicted molar refractivity (Wildman–Crippen MR) is 77.8 cm³/mol. The lowest BCUT2D eigenvalue weighted by Crippen LogP contribution is -1.97. The van der Waals surface area contributed by atoms with Gasteiger partial charge in [-0.2, -0.15) is 0 Å². The fourth-order valence-electron chi connectivity index (χ4n) is 1.06. The highest BCUT2D eigenvalue weighted by Crippen LogP contribution is 2.17. The third kappa shape index (κ3) is 10.6. The zero-order valence-corrected chi connectivity index (χ0v) is 11.6. The van der Waals surface area contributed by atoms with Gasteiger partial charge in [0, 0.05) is 0 Å². The molecule has 0 aliphatic carbocycles. The largest absolute Gasteiger partial charge is 0.508 e. The molecule has 0 saturated heterocycles. The van der Waals surface area contributed by atoms with Gasteiger partial charge in [0.1, 0.15) is 5.76 Å². The molecule has 0 aromatic heterocycles. The Morgan fingerprint density at radius 1 is 1.41 bits per heavy atom. The zero-order valence-electron chi connectivity index (χ0n) is 11.6. The average molecular weight is 232 g/mol. The van der Waals surface area contributed by atoms with Crippen molar-refractivity contribution in [3.05, 3.63) is 47.8 Å². The van der Waals surface area contributed by atoms with Crippen LogP contribution in [0.1, 0.15) is 34.6 Å². The molecule has 0 aromatic carbocycles. The van der Waals surface area contributed by atoms with Crippen molar-refractivity contribution >= 4 is 0 Å². The van der Waals surface area contributed by atoms with E-state index in [2.05, 4.69) is 32.8 Å². The van der Waals surface area contributed by atoms with E-state index < -0.39 is 0 Å². The summed E-state index contributed by atoms with van der Waals surface area (Å²) in [5, 5.41) is 9.59. The molecule has 1 N–H and O–H groups in total. The van der Waals surface area contributed by atoms with Gasteiger partial charge in [-0.25, -0.2) is 0 Å². The Morgan fingerprint density at radius 2 is 1.88 bits per heavy atom. The topological polar surface area (TPSA) is 20.2 Å². The Morgan fingerprint density at radius 3 is 2.18 bits per heavy atom. The van der Waals surface area contributed by atoms with Crippen molar-refractivity contribution in [1.29, 1.82) is 0 Å². The molecule has 0 amide bonds. The van der Waals surface area contributed by atoms with E-state index in [9.17, 15) is 5.11 Å². The van der Waals surface area contributed by atoms with Crippen LogP contribution in [-0.4, -0.2) is 5.11 Å². The molecule has 0 radical (unpaired) electrons. The Kier molecular flexibility index (Phi) is 11.3. The van der Waals surface area contributed by atoms with E-state index in [1.807, 2.05) is 32.1 Å². The summed E-state index contributed by atoms with van der Waals surface area (Å²) in [6.45, 7) is 13.3. The van der Waals surface area contributed by atoms with E-state index in [1.54, 1.807) is 13.0 Å². The summed E-state index contributed by atoms with van der Waals surface area (Å²) in [6, 6.07) is 0. The van der Waals surface area contributed by atoms with Crippen LogP contribution in [0.4, 0.5) is 0 Å². The number of hydrogen-bond donors (Lipinski definition) is 1. The van der Waals surface area contributed by atoms with Crippen LogP contribution in [0.2, 0.25) is 0 Å². The maximum Gasteiger partial charge on any atom is 0.114 e. The molecular formula is C16H24O. The van der Waals surface area contributed by atoms with Gasteiger partial charge in [0.25, 0.3) is 0 Å². The zero-order chi connectivity index (χ0) is 13.8. The molecule has 0 spiro atoms. The number of hydrogen-bond acceptors (Lipinski definition) is 1. The summed E-state index contributed by atoms with van der Waals surface area (Å²) in [7, 11) is 0. The average Bonchev–Trinajstić information content (AvgIpc) is 2.23. The van der Waals surface area contributed by atoms with Gasteiger partial charge in [0.05, 0.1) is 0 Å². The molecule has 0 rings (SSSR count). The number of rotatable bonds is 4. The maximum atomic E-state index is 9.59. The van der Waals surface area contributed by atoms with Crippen molar-refractivity contribution in [1.82, 2.24) is 0 Å². The molecule has 0 unspecified atom stereocenters. The fraction of sp³-hybridized carbons (Fsp3) is 0.375. The number of terminal acetylenes is 1. The summed E-state index contributed by atoms with van der Waals surface area (Å²) in [5.74, 6) is 2.92. The van der Waals surface area contributed by atoms with Crippen LogP contribution in [0.25, 0.3) is 0 Å². The van der Waals surface area contributed by atoms with Crippen LogP contribution in [0.3, 0.4) is 0 Å². The third-order valence-corrected chi connectivity index (χ3v) is 1.85. The highest BCUT2D eigenvalue weighted by atomic mass is 16.3. The van der Waals surface area contributed by atoms with E-state index in [-0.39, 0.29) is 0 Å². The molecular weight excluding hydrogens is 208 g/mol. The number of allylic oxidation sites excluding steroid dienone is 6. The third-order valence-electron chi connectivity index (χ3n) is 1.85. The second-order valence-electron chi connectivity index (χ2n) is 3.94. The van der Waals surface area contributed by atoms with Crippen LogP contribution in [0, 0.1) is 18.3 Å². The van der Waals surface area contributed by atoms with E-state index in [0.29, 0.717) is 11.7 Å². The molecule has 0 aliphatic heterocycles. The predicted octanol–water partition coefficient (Wildman–Crippen LogP) is 4.80. The normalized spacial score (nSPS) is 12.1. The first kappa shape index (κ1) is 17.7. The molecule has 0 aromatic rings. The van der Waals surface area contributed by atoms with Crippen LogP contribution >= 0.6 is 0 Å². The highest BCUT2D eigenvalue weighted by Gasteiger charge is 2.05. The lowest BCUT2D eigenvalue weighted by Gasteiger charge is -2.08. The fourth-order valence-corrected chi connectivity index (χ4v) is 1.06. The molecule has 94 valence electrons. The summed E-state index contributed by atoms with van der Waals surface area (Å²) in [4.78, 5) is 0. The number of aliphatic hydroxyl groups excluding tert-OH is 1. The van der Waals surface area contributed by atoms with Crippen LogP contribution in [0.5, 0.6) is 0 Å². The van der Waals surface area contributed by atoms with Crippen molar-refractivity contribution < 1.29 is 5.11 Å². The first-order valence-electron chi connectivity index (χ1n) is 5.67. The van der Waals surface area contributed by atoms with Crippen LogP contribution in [-0.2, 0) is 0 Å². The van der Waals surface area contributed by atoms with Gasteiger partial charge in [-0.3, -0.25) is 0 Å². The van der Waals surface area contributed by atoms with Crippen LogP contribution < -0.4 is 0 Å². The maximum absolute atomic E-state index is 9.59. The first-order valence-corrected chi connectivity index (χ1v) is 5.67. The molecule has 0 atom stereocenters. The Hall–Kier alpha value is -1.68. The summed E-state index contributed by atoms with van der Waals surface area (Å²) in [5.41, 5.74) is 1.95. The van der Waals surface area contributed by atoms with E-state index >= 15 is 0 Å². The van der Waals surface area contributed by atoms with Crippen molar-refractivity contribution in [2.24, 2.45) is 5.92 Å². The molecule has 1 nitrogen and oxygen atoms in total. The number of aliphatic hydroxyl groups is 1. The van der Waals surface area contributed by atoms with Gasteiger partial charge in [-0.05, 0) is 38.3 Å². The summed E-state index contributed by atoms with van der Waals surface area (Å²) >= 11 is 0. The quantitative estimate of drug-likeness (QED) is 0.419. The lowest BCUT2D eigenvalue weighted by atomic mass is 10.0. The SMILES string of the molecule is C#CC.C=C(C)\C=C/C=C(/C(O)=C\C)C(C)C. The van der Waals surface area contributed by atoms with E-state index in [0.717, 1.165) is 11.1 Å². The minimum Gasteiger partial charge on any atom is -0.508 e. The van der Waals surface area contributed by atoms with E-state index in [1.165, 1.54) is 0 Å². The van der Waals surface area contributed by atoms with E-state index in [4.69, 9.17) is 0 Å². The minimum absolute atomic E-state index is 0.320. The highest BCUT2D eigenvalue weighted by molar-refractivity contribution is 5.31. The van der Waals surface area contributed by atoms with Gasteiger partial charge in [-0.15, -0.1) is 12.3 Å². The van der Waals surface area contributed by atoms with Gasteiger partial charge in [0.2, 0.25) is 0 Å². The lowest BCUT2D eigenvalue weighted by molar-refractivity contribution is 0.409. The standard InChI is InChI=1S/C13H20O.C3H4/c1-6-13(14)12(11(4)5)9-7-8-10(2)3;1-3-2/h6-9,11,14H,2H2,1,3-5H3;1H,2H3/b8-7-,12-9+,13-6+;. The van der Waals surface area contributed by atoms with Gasteiger partial charge >= 0.3 is 0 Å². The molecule has 0 heterocycles. The smallest absolute Gasteiger partial charge is 0.114 e. The van der Waals surface area contributed by atoms with Crippen molar-refractivity contribution in [2.75, 3.05) is 0 Å². The van der Waals surface area contributed by atoms with Gasteiger partial charge in [0.15, 0.2) is 0 Å². The monoisotopic (exact) mass is 232 g/mol. The second-order valence-corrected chi connectivity index (χ2v) is 3.94.